The maximum Gasteiger partial charge on any atom is 0.253 e. The van der Waals surface area contributed by atoms with Crippen LogP contribution in [0.2, 0.25) is 0 Å². The maximum atomic E-state index is 13.3. The van der Waals surface area contributed by atoms with Gasteiger partial charge in [0.25, 0.3) is 5.91 Å². The van der Waals surface area contributed by atoms with E-state index in [4.69, 9.17) is 9.47 Å². The second-order valence-electron chi connectivity index (χ2n) is 8.08. The largest absolute Gasteiger partial charge is 0.495 e. The molecule has 0 spiro atoms. The maximum absolute atomic E-state index is 13.3. The van der Waals surface area contributed by atoms with Crippen LogP contribution in [0.25, 0.3) is 0 Å². The van der Waals surface area contributed by atoms with Crippen LogP contribution in [-0.2, 0) is 10.0 Å². The second-order valence-corrected chi connectivity index (χ2v) is 9.98. The van der Waals surface area contributed by atoms with Gasteiger partial charge in [-0.3, -0.25) is 4.79 Å². The number of carbonyl (C=O) groups excluding carboxylic acids is 1. The molecule has 1 aliphatic heterocycles. The molecule has 2 aromatic rings. The van der Waals surface area contributed by atoms with Crippen LogP contribution in [-0.4, -0.2) is 63.9 Å². The number of methoxy groups -OCH3 is 1. The van der Waals surface area contributed by atoms with Crippen LogP contribution in [0.5, 0.6) is 11.5 Å². The zero-order chi connectivity index (χ0) is 23.1. The zero-order valence-corrected chi connectivity index (χ0v) is 19.9. The first-order chi connectivity index (χ1) is 15.3. The molecule has 8 heteroatoms. The third kappa shape index (κ3) is 5.81. The topological polar surface area (TPSA) is 76.1 Å². The lowest BCUT2D eigenvalue weighted by Crippen LogP contribution is -2.33. The van der Waals surface area contributed by atoms with Crippen LogP contribution < -0.4 is 9.47 Å². The normalized spacial score (nSPS) is 15.1. The number of hydrogen-bond donors (Lipinski definition) is 0. The van der Waals surface area contributed by atoms with Crippen molar-refractivity contribution in [1.29, 1.82) is 0 Å². The van der Waals surface area contributed by atoms with E-state index >= 15 is 0 Å². The Kier molecular flexibility index (Phi) is 8.15. The van der Waals surface area contributed by atoms with Crippen LogP contribution in [0.3, 0.4) is 0 Å². The molecule has 0 atom stereocenters. The third-order valence-electron chi connectivity index (χ3n) is 5.63. The van der Waals surface area contributed by atoms with Gasteiger partial charge in [-0.2, -0.15) is 4.31 Å². The van der Waals surface area contributed by atoms with Gasteiger partial charge < -0.3 is 14.4 Å². The Morgan fingerprint density at radius 2 is 1.78 bits per heavy atom. The van der Waals surface area contributed by atoms with Crippen molar-refractivity contribution in [3.05, 3.63) is 53.6 Å². The molecule has 32 heavy (non-hydrogen) atoms. The fourth-order valence-electron chi connectivity index (χ4n) is 3.76. The highest BCUT2D eigenvalue weighted by Gasteiger charge is 2.29. The van der Waals surface area contributed by atoms with Crippen molar-refractivity contribution in [3.63, 3.8) is 0 Å². The molecule has 0 N–H and O–H groups in total. The standard InChI is InChI=1S/C24H32N2O5S/c1-19-9-8-10-21(17-19)31-16-15-25(2)24(27)20-11-12-22(30-3)23(18-20)32(28,29)26-13-6-4-5-7-14-26/h8-12,17-18H,4-7,13-16H2,1-3H3. The molecule has 0 unspecified atom stereocenters. The number of rotatable bonds is 8. The first-order valence-corrected chi connectivity index (χ1v) is 12.4. The average Bonchev–Trinajstić information content (AvgIpc) is 3.08. The van der Waals surface area contributed by atoms with Gasteiger partial charge in [0.15, 0.2) is 0 Å². The van der Waals surface area contributed by atoms with Crippen molar-refractivity contribution >= 4 is 15.9 Å². The zero-order valence-electron chi connectivity index (χ0n) is 19.0. The van der Waals surface area contributed by atoms with Crippen molar-refractivity contribution in [1.82, 2.24) is 9.21 Å². The highest BCUT2D eigenvalue weighted by Crippen LogP contribution is 2.29. The highest BCUT2D eigenvalue weighted by molar-refractivity contribution is 7.89. The van der Waals surface area contributed by atoms with Crippen molar-refractivity contribution in [3.8, 4) is 11.5 Å². The minimum atomic E-state index is -3.75. The van der Waals surface area contributed by atoms with Crippen LogP contribution >= 0.6 is 0 Å². The summed E-state index contributed by atoms with van der Waals surface area (Å²) in [6, 6.07) is 12.3. The predicted molar refractivity (Wildman–Crippen MR) is 124 cm³/mol. The summed E-state index contributed by atoms with van der Waals surface area (Å²) >= 11 is 0. The molecule has 0 aromatic heterocycles. The van der Waals surface area contributed by atoms with Crippen LogP contribution in [0.1, 0.15) is 41.6 Å². The molecule has 174 valence electrons. The number of aryl methyl sites for hydroxylation is 1. The lowest BCUT2D eigenvalue weighted by molar-refractivity contribution is 0.0773. The molecule has 2 aromatic carbocycles. The van der Waals surface area contributed by atoms with E-state index in [-0.39, 0.29) is 16.6 Å². The number of amides is 1. The summed E-state index contributed by atoms with van der Waals surface area (Å²) in [7, 11) is -0.641. The molecule has 1 amide bonds. The Morgan fingerprint density at radius 3 is 2.44 bits per heavy atom. The number of ether oxygens (including phenoxy) is 2. The van der Waals surface area contributed by atoms with E-state index in [1.165, 1.54) is 22.4 Å². The first kappa shape index (κ1) is 24.1. The van der Waals surface area contributed by atoms with Gasteiger partial charge in [0, 0.05) is 25.7 Å². The molecule has 0 saturated carbocycles. The summed E-state index contributed by atoms with van der Waals surface area (Å²) in [6.07, 6.45) is 3.72. The van der Waals surface area contributed by atoms with Crippen molar-refractivity contribution in [2.45, 2.75) is 37.5 Å². The van der Waals surface area contributed by atoms with Gasteiger partial charge in [0.05, 0.1) is 13.7 Å². The summed E-state index contributed by atoms with van der Waals surface area (Å²) in [6.45, 7) is 3.66. The van der Waals surface area contributed by atoms with E-state index in [2.05, 4.69) is 0 Å². The van der Waals surface area contributed by atoms with Gasteiger partial charge in [-0.05, 0) is 55.7 Å². The van der Waals surface area contributed by atoms with Gasteiger partial charge in [-0.15, -0.1) is 0 Å². The van der Waals surface area contributed by atoms with Gasteiger partial charge in [-0.1, -0.05) is 25.0 Å². The van der Waals surface area contributed by atoms with E-state index < -0.39 is 10.0 Å². The fraction of sp³-hybridized carbons (Fsp3) is 0.458. The van der Waals surface area contributed by atoms with Crippen LogP contribution in [0.15, 0.2) is 47.4 Å². The summed E-state index contributed by atoms with van der Waals surface area (Å²) in [5, 5.41) is 0. The van der Waals surface area contributed by atoms with Crippen molar-refractivity contribution in [2.24, 2.45) is 0 Å². The number of sulfonamides is 1. The Labute approximate surface area is 191 Å². The number of benzene rings is 2. The molecule has 3 rings (SSSR count). The molecular weight excluding hydrogens is 428 g/mol. The SMILES string of the molecule is COc1ccc(C(=O)N(C)CCOc2cccc(C)c2)cc1S(=O)(=O)N1CCCCCC1. The lowest BCUT2D eigenvalue weighted by atomic mass is 10.2. The smallest absolute Gasteiger partial charge is 0.253 e. The molecule has 1 heterocycles. The average molecular weight is 461 g/mol. The Hall–Kier alpha value is -2.58. The monoisotopic (exact) mass is 460 g/mol. The minimum Gasteiger partial charge on any atom is -0.495 e. The van der Waals surface area contributed by atoms with Crippen molar-refractivity contribution in [2.75, 3.05) is 40.4 Å². The molecule has 1 saturated heterocycles. The molecule has 0 radical (unpaired) electrons. The Morgan fingerprint density at radius 1 is 1.06 bits per heavy atom. The van der Waals surface area contributed by atoms with E-state index in [1.807, 2.05) is 31.2 Å². The molecule has 0 aliphatic carbocycles. The van der Waals surface area contributed by atoms with Gasteiger partial charge in [0.1, 0.15) is 23.0 Å². The van der Waals surface area contributed by atoms with Crippen molar-refractivity contribution < 1.29 is 22.7 Å². The predicted octanol–water partition coefficient (Wildman–Crippen LogP) is 3.72. The Balaban J connectivity index is 1.73. The molecule has 7 nitrogen and oxygen atoms in total. The van der Waals surface area contributed by atoms with Gasteiger partial charge >= 0.3 is 0 Å². The van der Waals surface area contributed by atoms with Gasteiger partial charge in [0.2, 0.25) is 10.0 Å². The van der Waals surface area contributed by atoms with E-state index in [0.717, 1.165) is 37.0 Å². The van der Waals surface area contributed by atoms with Crippen LogP contribution in [0, 0.1) is 6.92 Å². The number of hydrogen-bond acceptors (Lipinski definition) is 5. The number of likely N-dealkylation sites (N-methyl/N-ethyl adjacent to an activating group) is 1. The fourth-order valence-corrected chi connectivity index (χ4v) is 5.46. The molecular formula is C24H32N2O5S. The molecule has 1 aliphatic rings. The summed E-state index contributed by atoms with van der Waals surface area (Å²) in [5.41, 5.74) is 1.40. The molecule has 1 fully saturated rings. The third-order valence-corrected chi connectivity index (χ3v) is 7.54. The van der Waals surface area contributed by atoms with E-state index in [9.17, 15) is 13.2 Å². The van der Waals surface area contributed by atoms with E-state index in [1.54, 1.807) is 19.2 Å². The second kappa shape index (κ2) is 10.8. The summed E-state index contributed by atoms with van der Waals surface area (Å²) < 4.78 is 39.2. The van der Waals surface area contributed by atoms with Gasteiger partial charge in [-0.25, -0.2) is 8.42 Å². The summed E-state index contributed by atoms with van der Waals surface area (Å²) in [5.74, 6) is 0.727. The van der Waals surface area contributed by atoms with E-state index in [0.29, 0.717) is 31.8 Å². The first-order valence-electron chi connectivity index (χ1n) is 11.0. The molecule has 0 bridgehead atoms. The summed E-state index contributed by atoms with van der Waals surface area (Å²) in [4.78, 5) is 14.5. The lowest BCUT2D eigenvalue weighted by Gasteiger charge is -2.22. The number of nitrogens with zero attached hydrogens (tertiary/aromatic N) is 2. The highest BCUT2D eigenvalue weighted by atomic mass is 32.2. The Bertz CT molecular complexity index is 1030. The van der Waals surface area contributed by atoms with Crippen LogP contribution in [0.4, 0.5) is 0 Å². The number of carbonyl (C=O) groups is 1. The quantitative estimate of drug-likeness (QED) is 0.600. The minimum absolute atomic E-state index is 0.0390.